The minimum Gasteiger partial charge on any atom is -0.497 e. The Morgan fingerprint density at radius 1 is 0.973 bits per heavy atom. The summed E-state index contributed by atoms with van der Waals surface area (Å²) in [5, 5.41) is 20.1. The van der Waals surface area contributed by atoms with Crippen LogP contribution in [0.25, 0.3) is 22.6 Å². The highest BCUT2D eigenvalue weighted by Crippen LogP contribution is 2.27. The number of aliphatic hydroxyl groups is 1. The summed E-state index contributed by atoms with van der Waals surface area (Å²) in [5.41, 5.74) is 2.64. The Balaban J connectivity index is 1.66. The van der Waals surface area contributed by atoms with Crippen molar-refractivity contribution < 1.29 is 14.2 Å². The Hall–Kier alpha value is -4.31. The standard InChI is InChI=1S/C27H27FN6O3/c1-3-13-33-27(36)32(15-18-10-11-21(37-2)14-20(18)17-35)26(31-33)24-22-8-6-12-29-25(22)34(30-24)16-19-7-4-5-9-23(19)28/h4-12,14,35H,3,13,15-17H2,1-2H3. The molecule has 0 bridgehead atoms. The van der Waals surface area contributed by atoms with Gasteiger partial charge in [-0.3, -0.25) is 4.57 Å². The molecular weight excluding hydrogens is 475 g/mol. The molecule has 3 aromatic heterocycles. The highest BCUT2D eigenvalue weighted by Gasteiger charge is 2.23. The van der Waals surface area contributed by atoms with Crippen molar-refractivity contribution in [1.29, 1.82) is 0 Å². The lowest BCUT2D eigenvalue weighted by atomic mass is 10.1. The second-order valence-corrected chi connectivity index (χ2v) is 8.68. The number of methoxy groups -OCH3 is 1. The van der Waals surface area contributed by atoms with Gasteiger partial charge in [0.2, 0.25) is 0 Å². The third-order valence-corrected chi connectivity index (χ3v) is 6.27. The quantitative estimate of drug-likeness (QED) is 0.331. The summed E-state index contributed by atoms with van der Waals surface area (Å²) in [6.45, 7) is 2.57. The molecule has 0 aliphatic carbocycles. The smallest absolute Gasteiger partial charge is 0.346 e. The fourth-order valence-corrected chi connectivity index (χ4v) is 4.39. The van der Waals surface area contributed by atoms with Crippen LogP contribution in [0, 0.1) is 5.82 Å². The monoisotopic (exact) mass is 502 g/mol. The van der Waals surface area contributed by atoms with Crippen LogP contribution in [0.5, 0.6) is 5.75 Å². The molecule has 0 radical (unpaired) electrons. The molecule has 0 aliphatic rings. The van der Waals surface area contributed by atoms with E-state index in [1.807, 2.05) is 19.1 Å². The number of aromatic nitrogens is 6. The molecule has 1 N–H and O–H groups in total. The zero-order valence-corrected chi connectivity index (χ0v) is 20.6. The Kier molecular flexibility index (Phi) is 6.82. The summed E-state index contributed by atoms with van der Waals surface area (Å²) in [4.78, 5) is 17.9. The van der Waals surface area contributed by atoms with Gasteiger partial charge in [-0.15, -0.1) is 5.10 Å². The van der Waals surface area contributed by atoms with Crippen LogP contribution in [-0.4, -0.2) is 41.3 Å². The Morgan fingerprint density at radius 3 is 2.57 bits per heavy atom. The molecule has 0 saturated carbocycles. The van der Waals surface area contributed by atoms with E-state index in [1.165, 1.54) is 10.7 Å². The molecule has 0 aliphatic heterocycles. The van der Waals surface area contributed by atoms with Crippen molar-refractivity contribution in [2.45, 2.75) is 39.6 Å². The predicted octanol–water partition coefficient (Wildman–Crippen LogP) is 3.60. The third kappa shape index (κ3) is 4.63. The first kappa shape index (κ1) is 24.4. The largest absolute Gasteiger partial charge is 0.497 e. The second kappa shape index (κ2) is 10.4. The maximum atomic E-state index is 14.4. The number of halogens is 1. The average Bonchev–Trinajstić information content (AvgIpc) is 3.43. The summed E-state index contributed by atoms with van der Waals surface area (Å²) in [7, 11) is 1.56. The van der Waals surface area contributed by atoms with E-state index in [-0.39, 0.29) is 31.2 Å². The highest BCUT2D eigenvalue weighted by atomic mass is 19.1. The molecule has 0 amide bonds. The first-order valence-corrected chi connectivity index (χ1v) is 12.0. The minimum absolute atomic E-state index is 0.174. The third-order valence-electron chi connectivity index (χ3n) is 6.27. The van der Waals surface area contributed by atoms with Crippen LogP contribution in [0.15, 0.2) is 65.6 Å². The van der Waals surface area contributed by atoms with E-state index in [4.69, 9.17) is 9.84 Å². The Morgan fingerprint density at radius 2 is 1.81 bits per heavy atom. The maximum absolute atomic E-state index is 14.4. The highest BCUT2D eigenvalue weighted by molar-refractivity contribution is 5.89. The summed E-state index contributed by atoms with van der Waals surface area (Å²) in [6.07, 6.45) is 2.38. The summed E-state index contributed by atoms with van der Waals surface area (Å²) < 4.78 is 24.3. The lowest BCUT2D eigenvalue weighted by Crippen LogP contribution is -2.26. The SMILES string of the molecule is CCCn1nc(-c2nn(Cc3ccccc3F)c3ncccc23)n(Cc2ccc(OC)cc2CO)c1=O. The number of rotatable bonds is 9. The summed E-state index contributed by atoms with van der Waals surface area (Å²) >= 11 is 0. The van der Waals surface area contributed by atoms with Crippen LogP contribution in [0.4, 0.5) is 4.39 Å². The predicted molar refractivity (Wildman–Crippen MR) is 137 cm³/mol. The van der Waals surface area contributed by atoms with Crippen LogP contribution in [0.1, 0.15) is 30.0 Å². The molecule has 0 atom stereocenters. The molecule has 3 heterocycles. The number of fused-ring (bicyclic) bond motifs is 1. The molecule has 190 valence electrons. The molecule has 5 rings (SSSR count). The van der Waals surface area contributed by atoms with Crippen molar-refractivity contribution in [1.82, 2.24) is 29.1 Å². The molecule has 0 fully saturated rings. The number of ether oxygens (including phenoxy) is 1. The molecule has 0 saturated heterocycles. The Labute approximate surface area is 212 Å². The van der Waals surface area contributed by atoms with E-state index < -0.39 is 0 Å². The van der Waals surface area contributed by atoms with Gasteiger partial charge in [-0.05, 0) is 47.9 Å². The van der Waals surface area contributed by atoms with E-state index >= 15 is 0 Å². The van der Waals surface area contributed by atoms with Gasteiger partial charge in [0, 0.05) is 18.3 Å². The lowest BCUT2D eigenvalue weighted by Gasteiger charge is -2.11. The minimum atomic E-state index is -0.330. The molecule has 37 heavy (non-hydrogen) atoms. The zero-order chi connectivity index (χ0) is 25.9. The van der Waals surface area contributed by atoms with Crippen molar-refractivity contribution in [3.8, 4) is 17.3 Å². The van der Waals surface area contributed by atoms with Gasteiger partial charge in [0.05, 0.1) is 32.2 Å². The topological polar surface area (TPSA) is 100.0 Å². The van der Waals surface area contributed by atoms with Crippen LogP contribution < -0.4 is 10.4 Å². The molecular formula is C27H27FN6O3. The normalized spacial score (nSPS) is 11.4. The fraction of sp³-hybridized carbons (Fsp3) is 0.259. The molecule has 10 heteroatoms. The first-order chi connectivity index (χ1) is 18.0. The number of hydrogen-bond acceptors (Lipinski definition) is 6. The molecule has 9 nitrogen and oxygen atoms in total. The van der Waals surface area contributed by atoms with Crippen LogP contribution in [0.2, 0.25) is 0 Å². The van der Waals surface area contributed by atoms with Gasteiger partial charge < -0.3 is 9.84 Å². The van der Waals surface area contributed by atoms with Gasteiger partial charge in [0.15, 0.2) is 11.5 Å². The van der Waals surface area contributed by atoms with Crippen LogP contribution >= 0.6 is 0 Å². The van der Waals surface area contributed by atoms with E-state index in [9.17, 15) is 14.3 Å². The van der Waals surface area contributed by atoms with E-state index in [2.05, 4.69) is 10.1 Å². The summed E-state index contributed by atoms with van der Waals surface area (Å²) in [6, 6.07) is 15.6. The van der Waals surface area contributed by atoms with Crippen molar-refractivity contribution in [2.75, 3.05) is 7.11 Å². The molecule has 0 spiro atoms. The van der Waals surface area contributed by atoms with Crippen LogP contribution in [-0.2, 0) is 26.2 Å². The average molecular weight is 503 g/mol. The number of pyridine rings is 1. The van der Waals surface area contributed by atoms with Gasteiger partial charge >= 0.3 is 5.69 Å². The second-order valence-electron chi connectivity index (χ2n) is 8.68. The molecule has 2 aromatic carbocycles. The first-order valence-electron chi connectivity index (χ1n) is 12.0. The number of aryl methyl sites for hydroxylation is 1. The molecule has 0 unspecified atom stereocenters. The van der Waals surface area contributed by atoms with Gasteiger partial charge in [-0.25, -0.2) is 23.5 Å². The van der Waals surface area contributed by atoms with Crippen molar-refractivity contribution in [3.05, 3.63) is 93.8 Å². The Bertz CT molecular complexity index is 1620. The van der Waals surface area contributed by atoms with Gasteiger partial charge in [0.25, 0.3) is 0 Å². The number of hydrogen-bond donors (Lipinski definition) is 1. The van der Waals surface area contributed by atoms with Gasteiger partial charge in [0.1, 0.15) is 17.3 Å². The van der Waals surface area contributed by atoms with Gasteiger partial charge in [-0.1, -0.05) is 31.2 Å². The number of nitrogens with zero attached hydrogens (tertiary/aromatic N) is 6. The number of aliphatic hydroxyl groups excluding tert-OH is 1. The fourth-order valence-electron chi connectivity index (χ4n) is 4.39. The van der Waals surface area contributed by atoms with Crippen molar-refractivity contribution in [2.24, 2.45) is 0 Å². The van der Waals surface area contributed by atoms with E-state index in [0.29, 0.717) is 46.0 Å². The van der Waals surface area contributed by atoms with Crippen molar-refractivity contribution >= 4 is 11.0 Å². The lowest BCUT2D eigenvalue weighted by molar-refractivity contribution is 0.279. The van der Waals surface area contributed by atoms with E-state index in [1.54, 1.807) is 59.0 Å². The number of benzene rings is 2. The van der Waals surface area contributed by atoms with E-state index in [0.717, 1.165) is 12.0 Å². The molecule has 5 aromatic rings. The van der Waals surface area contributed by atoms with Crippen molar-refractivity contribution in [3.63, 3.8) is 0 Å². The zero-order valence-electron chi connectivity index (χ0n) is 20.6. The van der Waals surface area contributed by atoms with Gasteiger partial charge in [-0.2, -0.15) is 5.10 Å². The van der Waals surface area contributed by atoms with Crippen LogP contribution in [0.3, 0.4) is 0 Å². The maximum Gasteiger partial charge on any atom is 0.346 e. The summed E-state index contributed by atoms with van der Waals surface area (Å²) in [5.74, 6) is 0.665.